The van der Waals surface area contributed by atoms with Crippen molar-refractivity contribution in [3.63, 3.8) is 0 Å². The zero-order valence-corrected chi connectivity index (χ0v) is 14.4. The normalized spacial score (nSPS) is 10.2. The third-order valence-corrected chi connectivity index (χ3v) is 3.68. The van der Waals surface area contributed by atoms with Gasteiger partial charge in [-0.05, 0) is 47.1 Å². The Kier molecular flexibility index (Phi) is 5.87. The van der Waals surface area contributed by atoms with Crippen molar-refractivity contribution >= 4 is 21.9 Å². The number of hydrogen-bond acceptors (Lipinski definition) is 4. The van der Waals surface area contributed by atoms with Crippen LogP contribution in [0.2, 0.25) is 0 Å². The third kappa shape index (κ3) is 4.63. The Balaban J connectivity index is 1.97. The molecule has 0 aliphatic carbocycles. The van der Waals surface area contributed by atoms with Gasteiger partial charge < -0.3 is 19.3 Å². The summed E-state index contributed by atoms with van der Waals surface area (Å²) < 4.78 is 16.9. The van der Waals surface area contributed by atoms with E-state index in [4.69, 9.17) is 19.3 Å². The molecule has 0 unspecified atom stereocenters. The molecular formula is C17H17BrO5. The minimum absolute atomic E-state index is 0.122. The Morgan fingerprint density at radius 3 is 2.39 bits per heavy atom. The lowest BCUT2D eigenvalue weighted by Crippen LogP contribution is -2.10. The SMILES string of the molecule is COc1cc(C(=O)O)cc(Br)c1OCCOc1ccc(C)cc1. The number of rotatable bonds is 7. The van der Waals surface area contributed by atoms with Gasteiger partial charge in [-0.15, -0.1) is 0 Å². The monoisotopic (exact) mass is 380 g/mol. The Morgan fingerprint density at radius 1 is 1.13 bits per heavy atom. The molecule has 2 rings (SSSR count). The molecule has 6 heteroatoms. The molecule has 0 aliphatic rings. The first kappa shape index (κ1) is 17.1. The number of ether oxygens (including phenoxy) is 3. The number of carboxylic acids is 1. The first-order chi connectivity index (χ1) is 11.0. The molecule has 2 aromatic carbocycles. The van der Waals surface area contributed by atoms with Crippen molar-refractivity contribution in [2.24, 2.45) is 0 Å². The number of aromatic carboxylic acids is 1. The van der Waals surface area contributed by atoms with Gasteiger partial charge in [-0.2, -0.15) is 0 Å². The molecule has 0 saturated carbocycles. The van der Waals surface area contributed by atoms with Crippen LogP contribution in [-0.2, 0) is 0 Å². The van der Waals surface area contributed by atoms with E-state index in [0.717, 1.165) is 5.75 Å². The van der Waals surface area contributed by atoms with Crippen LogP contribution < -0.4 is 14.2 Å². The van der Waals surface area contributed by atoms with E-state index >= 15 is 0 Å². The van der Waals surface area contributed by atoms with Crippen LogP contribution in [0, 0.1) is 6.92 Å². The van der Waals surface area contributed by atoms with Gasteiger partial charge in [-0.3, -0.25) is 0 Å². The highest BCUT2D eigenvalue weighted by Gasteiger charge is 2.15. The fourth-order valence-electron chi connectivity index (χ4n) is 1.92. The molecule has 0 radical (unpaired) electrons. The summed E-state index contributed by atoms with van der Waals surface area (Å²) in [4.78, 5) is 11.0. The van der Waals surface area contributed by atoms with Crippen molar-refractivity contribution in [2.45, 2.75) is 6.92 Å². The highest BCUT2D eigenvalue weighted by molar-refractivity contribution is 9.10. The number of benzene rings is 2. The minimum atomic E-state index is -1.03. The third-order valence-electron chi connectivity index (χ3n) is 3.10. The first-order valence-electron chi connectivity index (χ1n) is 6.94. The number of methoxy groups -OCH3 is 1. The summed E-state index contributed by atoms with van der Waals surface area (Å²) in [7, 11) is 1.46. The molecule has 0 heterocycles. The largest absolute Gasteiger partial charge is 0.493 e. The molecule has 0 fully saturated rings. The van der Waals surface area contributed by atoms with Crippen molar-refractivity contribution in [1.82, 2.24) is 0 Å². The lowest BCUT2D eigenvalue weighted by atomic mass is 10.2. The standard InChI is InChI=1S/C17H17BrO5/c1-11-3-5-13(6-4-11)22-7-8-23-16-14(18)9-12(17(19)20)10-15(16)21-2/h3-6,9-10H,7-8H2,1-2H3,(H,19,20). The molecule has 2 aromatic rings. The maximum absolute atomic E-state index is 11.0. The van der Waals surface area contributed by atoms with Gasteiger partial charge >= 0.3 is 5.97 Å². The average Bonchev–Trinajstić information content (AvgIpc) is 2.53. The van der Waals surface area contributed by atoms with Crippen LogP contribution in [0.5, 0.6) is 17.2 Å². The maximum Gasteiger partial charge on any atom is 0.335 e. The predicted octanol–water partition coefficient (Wildman–Crippen LogP) is 3.92. The highest BCUT2D eigenvalue weighted by atomic mass is 79.9. The molecular weight excluding hydrogens is 364 g/mol. The molecule has 0 spiro atoms. The molecule has 0 aromatic heterocycles. The fraction of sp³-hybridized carbons (Fsp3) is 0.235. The van der Waals surface area contributed by atoms with Crippen LogP contribution in [-0.4, -0.2) is 31.4 Å². The van der Waals surface area contributed by atoms with Crippen LogP contribution in [0.3, 0.4) is 0 Å². The fourth-order valence-corrected chi connectivity index (χ4v) is 2.48. The summed E-state index contributed by atoms with van der Waals surface area (Å²) in [5.74, 6) is 0.543. The summed E-state index contributed by atoms with van der Waals surface area (Å²) in [5.41, 5.74) is 1.29. The van der Waals surface area contributed by atoms with Crippen LogP contribution in [0.1, 0.15) is 15.9 Å². The van der Waals surface area contributed by atoms with Crippen molar-refractivity contribution in [2.75, 3.05) is 20.3 Å². The predicted molar refractivity (Wildman–Crippen MR) is 89.8 cm³/mol. The second-order valence-electron chi connectivity index (χ2n) is 4.80. The zero-order chi connectivity index (χ0) is 16.8. The number of halogens is 1. The van der Waals surface area contributed by atoms with E-state index in [9.17, 15) is 4.79 Å². The van der Waals surface area contributed by atoms with Crippen LogP contribution in [0.4, 0.5) is 0 Å². The number of carbonyl (C=O) groups is 1. The molecule has 0 bridgehead atoms. The lowest BCUT2D eigenvalue weighted by molar-refractivity contribution is 0.0696. The highest BCUT2D eigenvalue weighted by Crippen LogP contribution is 2.36. The van der Waals surface area contributed by atoms with Crippen molar-refractivity contribution in [1.29, 1.82) is 0 Å². The topological polar surface area (TPSA) is 65.0 Å². The average molecular weight is 381 g/mol. The van der Waals surface area contributed by atoms with Gasteiger partial charge in [0.05, 0.1) is 17.1 Å². The smallest absolute Gasteiger partial charge is 0.335 e. The van der Waals surface area contributed by atoms with E-state index in [2.05, 4.69) is 15.9 Å². The second-order valence-corrected chi connectivity index (χ2v) is 5.66. The van der Waals surface area contributed by atoms with Gasteiger partial charge in [0, 0.05) is 0 Å². The molecule has 23 heavy (non-hydrogen) atoms. The Morgan fingerprint density at radius 2 is 1.78 bits per heavy atom. The maximum atomic E-state index is 11.0. The second kappa shape index (κ2) is 7.87. The van der Waals surface area contributed by atoms with Gasteiger partial charge in [0.1, 0.15) is 19.0 Å². The summed E-state index contributed by atoms with van der Waals surface area (Å²) in [6.45, 7) is 2.67. The zero-order valence-electron chi connectivity index (χ0n) is 12.8. The van der Waals surface area contributed by atoms with Crippen molar-refractivity contribution < 1.29 is 24.1 Å². The first-order valence-corrected chi connectivity index (χ1v) is 7.73. The lowest BCUT2D eigenvalue weighted by Gasteiger charge is -2.14. The Hall–Kier alpha value is -2.21. The van der Waals surface area contributed by atoms with Gasteiger partial charge in [0.15, 0.2) is 11.5 Å². The van der Waals surface area contributed by atoms with Gasteiger partial charge in [-0.25, -0.2) is 4.79 Å². The summed E-state index contributed by atoms with van der Waals surface area (Å²) in [6.07, 6.45) is 0. The van der Waals surface area contributed by atoms with E-state index in [1.807, 2.05) is 31.2 Å². The van der Waals surface area contributed by atoms with Crippen molar-refractivity contribution in [3.8, 4) is 17.2 Å². The van der Waals surface area contributed by atoms with Crippen LogP contribution in [0.15, 0.2) is 40.9 Å². The van der Waals surface area contributed by atoms with Crippen molar-refractivity contribution in [3.05, 3.63) is 52.0 Å². The molecule has 0 aliphatic heterocycles. The van der Waals surface area contributed by atoms with E-state index in [1.54, 1.807) is 0 Å². The minimum Gasteiger partial charge on any atom is -0.493 e. The van der Waals surface area contributed by atoms with E-state index in [0.29, 0.717) is 29.2 Å². The van der Waals surface area contributed by atoms with Gasteiger partial charge in [0.25, 0.3) is 0 Å². The summed E-state index contributed by atoms with van der Waals surface area (Å²) in [6, 6.07) is 10.6. The number of aryl methyl sites for hydroxylation is 1. The van der Waals surface area contributed by atoms with Gasteiger partial charge in [0.2, 0.25) is 0 Å². The molecule has 0 amide bonds. The number of hydrogen-bond donors (Lipinski definition) is 1. The van der Waals surface area contributed by atoms with Crippen LogP contribution in [0.25, 0.3) is 0 Å². The molecule has 1 N–H and O–H groups in total. The number of carboxylic acid groups (broad SMARTS) is 1. The Labute approximate surface area is 142 Å². The van der Waals surface area contributed by atoms with E-state index in [-0.39, 0.29) is 5.56 Å². The molecule has 122 valence electrons. The molecule has 0 saturated heterocycles. The quantitative estimate of drug-likeness (QED) is 0.737. The van der Waals surface area contributed by atoms with E-state index in [1.165, 1.54) is 24.8 Å². The summed E-state index contributed by atoms with van der Waals surface area (Å²) in [5, 5.41) is 9.04. The van der Waals surface area contributed by atoms with Gasteiger partial charge in [-0.1, -0.05) is 17.7 Å². The Bertz CT molecular complexity index is 682. The summed E-state index contributed by atoms with van der Waals surface area (Å²) >= 11 is 3.30. The van der Waals surface area contributed by atoms with E-state index < -0.39 is 5.97 Å². The molecule has 0 atom stereocenters. The molecule has 5 nitrogen and oxygen atoms in total. The van der Waals surface area contributed by atoms with Crippen LogP contribution >= 0.6 is 15.9 Å².